The van der Waals surface area contributed by atoms with Crippen molar-refractivity contribution in [3.8, 4) is 0 Å². The van der Waals surface area contributed by atoms with Crippen LogP contribution in [0.2, 0.25) is 0 Å². The van der Waals surface area contributed by atoms with Crippen molar-refractivity contribution >= 4 is 33.1 Å². The molecule has 0 radical (unpaired) electrons. The molecule has 1 N–H and O–H groups in total. The number of sulfonamides is 1. The number of amides is 1. The number of carbonyl (C=O) groups is 2. The normalized spacial score (nSPS) is 11.0. The molecule has 132 valence electrons. The van der Waals surface area contributed by atoms with Crippen LogP contribution in [0.25, 0.3) is 0 Å². The van der Waals surface area contributed by atoms with Gasteiger partial charge in [0.2, 0.25) is 15.9 Å². The summed E-state index contributed by atoms with van der Waals surface area (Å²) in [5.41, 5.74) is 1.61. The second-order valence-corrected chi connectivity index (χ2v) is 7.67. The molecule has 0 atom stereocenters. The Hall–Kier alpha value is -2.67. The van der Waals surface area contributed by atoms with Gasteiger partial charge in [-0.3, -0.25) is 13.9 Å². The molecule has 1 amide bonds. The summed E-state index contributed by atoms with van der Waals surface area (Å²) >= 11 is 0. The van der Waals surface area contributed by atoms with Crippen molar-refractivity contribution in [2.45, 2.75) is 13.3 Å². The van der Waals surface area contributed by atoms with Crippen LogP contribution in [0.15, 0.2) is 54.6 Å². The Bertz CT molecular complexity index is 846. The lowest BCUT2D eigenvalue weighted by Gasteiger charge is -2.19. The first-order valence-corrected chi connectivity index (χ1v) is 9.33. The van der Waals surface area contributed by atoms with Crippen molar-refractivity contribution < 1.29 is 18.0 Å². The van der Waals surface area contributed by atoms with Gasteiger partial charge in [0.1, 0.15) is 0 Å². The highest BCUT2D eigenvalue weighted by Crippen LogP contribution is 2.16. The van der Waals surface area contributed by atoms with Gasteiger partial charge in [0.05, 0.1) is 11.4 Å². The number of Topliss-reactive ketones (excluding diaryl/α,β-unsaturated/α-hetero) is 1. The van der Waals surface area contributed by atoms with Crippen LogP contribution >= 0.6 is 0 Å². The maximum Gasteiger partial charge on any atom is 0.235 e. The van der Waals surface area contributed by atoms with E-state index < -0.39 is 15.9 Å². The Morgan fingerprint density at radius 3 is 2.16 bits per heavy atom. The fourth-order valence-electron chi connectivity index (χ4n) is 2.17. The standard InChI is InChI=1S/C18H20N2O4S/c1-14(21)15-8-10-16(11-9-15)19-18(22)12-13-25(23,24)20(2)17-6-4-3-5-7-17/h3-11H,12-13H2,1-2H3,(H,19,22). The van der Waals surface area contributed by atoms with Crippen molar-refractivity contribution in [2.24, 2.45) is 0 Å². The first-order chi connectivity index (χ1) is 11.8. The Morgan fingerprint density at radius 1 is 1.00 bits per heavy atom. The predicted octanol–water partition coefficient (Wildman–Crippen LogP) is 2.68. The minimum atomic E-state index is -3.59. The molecule has 0 fully saturated rings. The molecule has 0 unspecified atom stereocenters. The van der Waals surface area contributed by atoms with E-state index in [1.54, 1.807) is 54.6 Å². The predicted molar refractivity (Wildman–Crippen MR) is 98.3 cm³/mol. The third kappa shape index (κ3) is 5.15. The number of anilines is 2. The topological polar surface area (TPSA) is 83.5 Å². The van der Waals surface area contributed by atoms with Crippen molar-refractivity contribution in [1.82, 2.24) is 0 Å². The quantitative estimate of drug-likeness (QED) is 0.770. The fourth-order valence-corrected chi connectivity index (χ4v) is 3.33. The van der Waals surface area contributed by atoms with Crippen LogP contribution in [-0.4, -0.2) is 32.9 Å². The average molecular weight is 360 g/mol. The number of rotatable bonds is 7. The van der Waals surface area contributed by atoms with Crippen LogP contribution in [0, 0.1) is 0 Å². The van der Waals surface area contributed by atoms with Gasteiger partial charge in [0, 0.05) is 24.7 Å². The Morgan fingerprint density at radius 2 is 1.60 bits per heavy atom. The summed E-state index contributed by atoms with van der Waals surface area (Å²) in [5.74, 6) is -0.760. The van der Waals surface area contributed by atoms with Crippen LogP contribution in [0.5, 0.6) is 0 Å². The second-order valence-electron chi connectivity index (χ2n) is 5.55. The Labute approximate surface area is 147 Å². The number of nitrogens with one attached hydrogen (secondary N) is 1. The molecular weight excluding hydrogens is 340 g/mol. The maximum absolute atomic E-state index is 12.3. The van der Waals surface area contributed by atoms with E-state index in [1.165, 1.54) is 18.3 Å². The van der Waals surface area contributed by atoms with E-state index in [-0.39, 0.29) is 18.0 Å². The summed E-state index contributed by atoms with van der Waals surface area (Å²) in [6, 6.07) is 15.1. The molecule has 0 spiro atoms. The summed E-state index contributed by atoms with van der Waals surface area (Å²) in [6.07, 6.45) is -0.159. The van der Waals surface area contributed by atoms with Crippen molar-refractivity contribution in [3.05, 3.63) is 60.2 Å². The molecule has 0 aliphatic rings. The van der Waals surface area contributed by atoms with Crippen LogP contribution in [-0.2, 0) is 14.8 Å². The molecule has 0 aliphatic heterocycles. The molecule has 0 bridgehead atoms. The molecule has 0 aromatic heterocycles. The van der Waals surface area contributed by atoms with Crippen LogP contribution < -0.4 is 9.62 Å². The number of benzene rings is 2. The highest BCUT2D eigenvalue weighted by Gasteiger charge is 2.19. The highest BCUT2D eigenvalue weighted by atomic mass is 32.2. The van der Waals surface area contributed by atoms with Gasteiger partial charge in [0.25, 0.3) is 0 Å². The summed E-state index contributed by atoms with van der Waals surface area (Å²) in [7, 11) is -2.13. The summed E-state index contributed by atoms with van der Waals surface area (Å²) in [5, 5.41) is 2.63. The largest absolute Gasteiger partial charge is 0.326 e. The minimum absolute atomic E-state index is 0.0621. The molecule has 2 aromatic carbocycles. The van der Waals surface area contributed by atoms with Gasteiger partial charge in [-0.05, 0) is 43.3 Å². The Balaban J connectivity index is 1.93. The lowest BCUT2D eigenvalue weighted by atomic mass is 10.1. The zero-order valence-electron chi connectivity index (χ0n) is 14.1. The average Bonchev–Trinajstić information content (AvgIpc) is 2.60. The van der Waals surface area contributed by atoms with E-state index in [2.05, 4.69) is 5.32 Å². The third-order valence-electron chi connectivity index (χ3n) is 3.70. The van der Waals surface area contributed by atoms with Crippen molar-refractivity contribution in [3.63, 3.8) is 0 Å². The van der Waals surface area contributed by atoms with Gasteiger partial charge in [-0.15, -0.1) is 0 Å². The molecule has 0 saturated carbocycles. The summed E-state index contributed by atoms with van der Waals surface area (Å²) < 4.78 is 25.8. The molecule has 0 heterocycles. The molecular formula is C18H20N2O4S. The van der Waals surface area contributed by atoms with Crippen molar-refractivity contribution in [1.29, 1.82) is 0 Å². The number of para-hydroxylation sites is 1. The molecule has 2 rings (SSSR count). The van der Waals surface area contributed by atoms with Gasteiger partial charge in [-0.2, -0.15) is 0 Å². The van der Waals surface area contributed by atoms with Crippen LogP contribution in [0.1, 0.15) is 23.7 Å². The fraction of sp³-hybridized carbons (Fsp3) is 0.222. The number of ketones is 1. The van der Waals surface area contributed by atoms with Gasteiger partial charge < -0.3 is 5.32 Å². The number of hydrogen-bond acceptors (Lipinski definition) is 4. The molecule has 7 heteroatoms. The highest BCUT2D eigenvalue weighted by molar-refractivity contribution is 7.92. The smallest absolute Gasteiger partial charge is 0.235 e. The third-order valence-corrected chi connectivity index (χ3v) is 5.46. The zero-order valence-corrected chi connectivity index (χ0v) is 14.9. The molecule has 0 aliphatic carbocycles. The van der Waals surface area contributed by atoms with Gasteiger partial charge in [0.15, 0.2) is 5.78 Å². The first-order valence-electron chi connectivity index (χ1n) is 7.72. The lowest BCUT2D eigenvalue weighted by molar-refractivity contribution is -0.115. The summed E-state index contributed by atoms with van der Waals surface area (Å²) in [6.45, 7) is 1.46. The minimum Gasteiger partial charge on any atom is -0.326 e. The monoisotopic (exact) mass is 360 g/mol. The lowest BCUT2D eigenvalue weighted by Crippen LogP contribution is -2.30. The van der Waals surface area contributed by atoms with Crippen LogP contribution in [0.4, 0.5) is 11.4 Å². The molecule has 2 aromatic rings. The van der Waals surface area contributed by atoms with E-state index in [0.717, 1.165) is 0 Å². The molecule has 0 saturated heterocycles. The number of nitrogens with zero attached hydrogens (tertiary/aromatic N) is 1. The molecule has 25 heavy (non-hydrogen) atoms. The van der Waals surface area contributed by atoms with E-state index >= 15 is 0 Å². The number of hydrogen-bond donors (Lipinski definition) is 1. The Kier molecular flexibility index (Phi) is 5.93. The van der Waals surface area contributed by atoms with Gasteiger partial charge in [-0.1, -0.05) is 18.2 Å². The van der Waals surface area contributed by atoms with Gasteiger partial charge in [-0.25, -0.2) is 8.42 Å². The van der Waals surface area contributed by atoms with E-state index in [9.17, 15) is 18.0 Å². The van der Waals surface area contributed by atoms with Gasteiger partial charge >= 0.3 is 0 Å². The molecule has 6 nitrogen and oxygen atoms in total. The first kappa shape index (κ1) is 18.7. The zero-order chi connectivity index (χ0) is 18.4. The SMILES string of the molecule is CC(=O)c1ccc(NC(=O)CCS(=O)(=O)N(C)c2ccccc2)cc1. The maximum atomic E-state index is 12.3. The van der Waals surface area contributed by atoms with Crippen LogP contribution in [0.3, 0.4) is 0 Å². The van der Waals surface area contributed by atoms with E-state index in [1.807, 2.05) is 0 Å². The van der Waals surface area contributed by atoms with E-state index in [4.69, 9.17) is 0 Å². The van der Waals surface area contributed by atoms with E-state index in [0.29, 0.717) is 16.9 Å². The summed E-state index contributed by atoms with van der Waals surface area (Å²) in [4.78, 5) is 23.2. The van der Waals surface area contributed by atoms with Crippen molar-refractivity contribution in [2.75, 3.05) is 22.4 Å². The number of carbonyl (C=O) groups excluding carboxylic acids is 2. The second kappa shape index (κ2) is 7.94.